The highest BCUT2D eigenvalue weighted by Gasteiger charge is 2.17. The van der Waals surface area contributed by atoms with Gasteiger partial charge in [0.2, 0.25) is 0 Å². The Hall–Kier alpha value is -0.660. The number of ether oxygens (including phenoxy) is 1. The molecule has 0 aliphatic rings. The van der Waals surface area contributed by atoms with E-state index in [-0.39, 0.29) is 0 Å². The predicted octanol–water partition coefficient (Wildman–Crippen LogP) is 1.81. The van der Waals surface area contributed by atoms with Crippen LogP contribution in [0.4, 0.5) is 5.13 Å². The molecule has 0 aliphatic heterocycles. The van der Waals surface area contributed by atoms with Gasteiger partial charge < -0.3 is 15.2 Å². The number of anilines is 1. The largest absolute Gasteiger partial charge is 0.480 e. The molecule has 1 unspecified atom stereocenters. The molecule has 0 spiro atoms. The summed E-state index contributed by atoms with van der Waals surface area (Å²) in [7, 11) is 1.54. The van der Waals surface area contributed by atoms with Gasteiger partial charge >= 0.3 is 5.97 Å². The van der Waals surface area contributed by atoms with Crippen LogP contribution in [0.2, 0.25) is 0 Å². The average Bonchev–Trinajstić information content (AvgIpc) is 2.58. The lowest BCUT2D eigenvalue weighted by Gasteiger charge is -2.12. The molecule has 1 atom stereocenters. The summed E-state index contributed by atoms with van der Waals surface area (Å²) in [4.78, 5) is 14.9. The van der Waals surface area contributed by atoms with Gasteiger partial charge in [0.1, 0.15) is 10.6 Å². The first-order valence-corrected chi connectivity index (χ1v) is 5.90. The zero-order valence-electron chi connectivity index (χ0n) is 8.07. The van der Waals surface area contributed by atoms with Gasteiger partial charge in [0.15, 0.2) is 5.13 Å². The molecule has 0 fully saturated rings. The van der Waals surface area contributed by atoms with Gasteiger partial charge in [-0.3, -0.25) is 0 Å². The fraction of sp³-hybridized carbons (Fsp3) is 0.500. The van der Waals surface area contributed by atoms with E-state index >= 15 is 0 Å². The van der Waals surface area contributed by atoms with Gasteiger partial charge in [0, 0.05) is 25.5 Å². The Labute approximate surface area is 99.6 Å². The highest BCUT2D eigenvalue weighted by atomic mass is 79.9. The smallest absolute Gasteiger partial charge is 0.326 e. The van der Waals surface area contributed by atoms with Crippen molar-refractivity contribution in [3.8, 4) is 0 Å². The van der Waals surface area contributed by atoms with Crippen LogP contribution in [0.3, 0.4) is 0 Å². The van der Waals surface area contributed by atoms with Crippen LogP contribution in [0, 0.1) is 0 Å². The number of carboxylic acid groups (broad SMARTS) is 1. The summed E-state index contributed by atoms with van der Waals surface area (Å²) in [6.45, 7) is 0.399. The summed E-state index contributed by atoms with van der Waals surface area (Å²) < 4.78 is 5.54. The molecular formula is C8H11BrN2O3S. The molecule has 0 aliphatic carbocycles. The van der Waals surface area contributed by atoms with Crippen molar-refractivity contribution in [2.45, 2.75) is 12.5 Å². The lowest BCUT2D eigenvalue weighted by atomic mass is 10.2. The molecule has 15 heavy (non-hydrogen) atoms. The van der Waals surface area contributed by atoms with Crippen LogP contribution in [0.15, 0.2) is 9.98 Å². The van der Waals surface area contributed by atoms with Crippen molar-refractivity contribution < 1.29 is 14.6 Å². The zero-order valence-corrected chi connectivity index (χ0v) is 10.5. The van der Waals surface area contributed by atoms with Crippen LogP contribution in [-0.2, 0) is 9.53 Å². The minimum Gasteiger partial charge on any atom is -0.480 e. The Morgan fingerprint density at radius 3 is 3.07 bits per heavy atom. The van der Waals surface area contributed by atoms with Gasteiger partial charge in [-0.1, -0.05) is 0 Å². The summed E-state index contributed by atoms with van der Waals surface area (Å²) in [5.74, 6) is -0.904. The fourth-order valence-corrected chi connectivity index (χ4v) is 2.16. The summed E-state index contributed by atoms with van der Waals surface area (Å²) in [5.41, 5.74) is 0. The third kappa shape index (κ3) is 4.15. The molecule has 0 radical (unpaired) electrons. The topological polar surface area (TPSA) is 71.5 Å². The lowest BCUT2D eigenvalue weighted by Crippen LogP contribution is -2.30. The Morgan fingerprint density at radius 2 is 2.60 bits per heavy atom. The van der Waals surface area contributed by atoms with Gasteiger partial charge in [-0.15, -0.1) is 11.3 Å². The number of carbonyl (C=O) groups is 1. The van der Waals surface area contributed by atoms with E-state index in [1.807, 2.05) is 0 Å². The second-order valence-electron chi connectivity index (χ2n) is 2.79. The number of aromatic nitrogens is 1. The molecule has 1 aromatic rings. The van der Waals surface area contributed by atoms with Gasteiger partial charge in [0.25, 0.3) is 0 Å². The van der Waals surface area contributed by atoms with E-state index in [0.29, 0.717) is 22.8 Å². The van der Waals surface area contributed by atoms with E-state index in [2.05, 4.69) is 26.2 Å². The van der Waals surface area contributed by atoms with Crippen molar-refractivity contribution in [1.29, 1.82) is 0 Å². The number of methoxy groups -OCH3 is 1. The maximum absolute atomic E-state index is 10.9. The van der Waals surface area contributed by atoms with E-state index in [0.717, 1.165) is 0 Å². The standard InChI is InChI=1S/C8H11BrN2O3S/c1-14-3-2-5(7(12)13)10-8-11-6(9)4-15-8/h4-5H,2-3H2,1H3,(H,10,11)(H,12,13). The van der Waals surface area contributed by atoms with Crippen LogP contribution in [0.25, 0.3) is 0 Å². The average molecular weight is 295 g/mol. The molecule has 0 saturated carbocycles. The first kappa shape index (κ1) is 12.4. The van der Waals surface area contributed by atoms with E-state index < -0.39 is 12.0 Å². The molecule has 0 aromatic carbocycles. The van der Waals surface area contributed by atoms with Crippen LogP contribution in [-0.4, -0.2) is 35.8 Å². The number of halogens is 1. The Balaban J connectivity index is 2.54. The van der Waals surface area contributed by atoms with Crippen LogP contribution in [0.5, 0.6) is 0 Å². The Kier molecular flexibility index (Phi) is 5.00. The second kappa shape index (κ2) is 6.04. The molecule has 1 rings (SSSR count). The zero-order chi connectivity index (χ0) is 11.3. The SMILES string of the molecule is COCCC(Nc1nc(Br)cs1)C(=O)O. The van der Waals surface area contributed by atoms with E-state index in [9.17, 15) is 4.79 Å². The Bertz CT molecular complexity index is 331. The van der Waals surface area contributed by atoms with Crippen LogP contribution >= 0.6 is 27.3 Å². The minimum atomic E-state index is -0.904. The normalized spacial score (nSPS) is 12.4. The van der Waals surface area contributed by atoms with E-state index in [1.54, 1.807) is 12.5 Å². The third-order valence-corrected chi connectivity index (χ3v) is 3.17. The number of carboxylic acids is 1. The minimum absolute atomic E-state index is 0.399. The third-order valence-electron chi connectivity index (χ3n) is 1.68. The number of nitrogens with one attached hydrogen (secondary N) is 1. The van der Waals surface area contributed by atoms with Gasteiger partial charge in [0.05, 0.1) is 0 Å². The first-order chi connectivity index (χ1) is 7.13. The summed E-state index contributed by atoms with van der Waals surface area (Å²) in [5, 5.41) is 14.1. The maximum atomic E-state index is 10.9. The molecule has 2 N–H and O–H groups in total. The fourth-order valence-electron chi connectivity index (χ4n) is 0.963. The monoisotopic (exact) mass is 294 g/mol. The lowest BCUT2D eigenvalue weighted by molar-refractivity contribution is -0.138. The highest BCUT2D eigenvalue weighted by molar-refractivity contribution is 9.10. The Morgan fingerprint density at radius 1 is 1.87 bits per heavy atom. The van der Waals surface area contributed by atoms with Gasteiger partial charge in [-0.05, 0) is 15.9 Å². The van der Waals surface area contributed by atoms with Gasteiger partial charge in [-0.2, -0.15) is 0 Å². The van der Waals surface area contributed by atoms with Crippen LogP contribution < -0.4 is 5.32 Å². The number of hydrogen-bond acceptors (Lipinski definition) is 5. The maximum Gasteiger partial charge on any atom is 0.326 e. The van der Waals surface area contributed by atoms with Gasteiger partial charge in [-0.25, -0.2) is 9.78 Å². The number of nitrogens with zero attached hydrogens (tertiary/aromatic N) is 1. The second-order valence-corrected chi connectivity index (χ2v) is 4.46. The molecule has 0 saturated heterocycles. The molecule has 5 nitrogen and oxygen atoms in total. The number of hydrogen-bond donors (Lipinski definition) is 2. The predicted molar refractivity (Wildman–Crippen MR) is 61.4 cm³/mol. The molecule has 1 heterocycles. The first-order valence-electron chi connectivity index (χ1n) is 4.22. The molecule has 0 bridgehead atoms. The van der Waals surface area contributed by atoms with Crippen LogP contribution in [0.1, 0.15) is 6.42 Å². The highest BCUT2D eigenvalue weighted by Crippen LogP contribution is 2.20. The molecule has 1 aromatic heterocycles. The van der Waals surface area contributed by atoms with E-state index in [4.69, 9.17) is 9.84 Å². The summed E-state index contributed by atoms with van der Waals surface area (Å²) in [6.07, 6.45) is 0.406. The molecule has 84 valence electrons. The molecule has 0 amide bonds. The van der Waals surface area contributed by atoms with Crippen molar-refractivity contribution in [3.05, 3.63) is 9.98 Å². The van der Waals surface area contributed by atoms with Crippen molar-refractivity contribution >= 4 is 38.4 Å². The van der Waals surface area contributed by atoms with E-state index in [1.165, 1.54) is 11.3 Å². The summed E-state index contributed by atoms with van der Waals surface area (Å²) >= 11 is 4.55. The van der Waals surface area contributed by atoms with Crippen molar-refractivity contribution in [2.75, 3.05) is 19.0 Å². The molecule has 7 heteroatoms. The van der Waals surface area contributed by atoms with Crippen molar-refractivity contribution in [2.24, 2.45) is 0 Å². The van der Waals surface area contributed by atoms with Crippen molar-refractivity contribution in [1.82, 2.24) is 4.98 Å². The summed E-state index contributed by atoms with van der Waals surface area (Å²) in [6, 6.07) is -0.664. The molecular weight excluding hydrogens is 284 g/mol. The van der Waals surface area contributed by atoms with Crippen molar-refractivity contribution in [3.63, 3.8) is 0 Å². The number of thiazole rings is 1. The number of aliphatic carboxylic acids is 1. The number of rotatable bonds is 6. The quantitative estimate of drug-likeness (QED) is 0.837.